The second-order valence-corrected chi connectivity index (χ2v) is 5.76. The fourth-order valence-corrected chi connectivity index (χ4v) is 1.72. The molecule has 0 spiro atoms. The van der Waals surface area contributed by atoms with E-state index in [1.165, 1.54) is 16.8 Å². The number of primary amides is 1. The molecular weight excluding hydrogens is 256 g/mol. The molecule has 5 heteroatoms. The second-order valence-electron chi connectivity index (χ2n) is 5.76. The van der Waals surface area contributed by atoms with Crippen LogP contribution in [-0.2, 0) is 11.8 Å². The van der Waals surface area contributed by atoms with Gasteiger partial charge in [0.25, 0.3) is 0 Å². The fraction of sp³-hybridized carbons (Fsp3) is 0.467. The van der Waals surface area contributed by atoms with Crippen molar-refractivity contribution in [2.24, 2.45) is 18.2 Å². The summed E-state index contributed by atoms with van der Waals surface area (Å²) in [6.45, 7) is 5.84. The number of aromatic nitrogens is 1. The minimum atomic E-state index is -0.587. The number of rotatable bonds is 4. The van der Waals surface area contributed by atoms with Gasteiger partial charge in [0.05, 0.1) is 5.56 Å². The molecule has 0 aromatic carbocycles. The zero-order valence-corrected chi connectivity index (χ0v) is 12.3. The molecule has 0 aliphatic rings. The maximum Gasteiger partial charge on any atom is 0.355 e. The molecule has 0 unspecified atom stereocenters. The number of hydrogen-bond acceptors (Lipinski definition) is 3. The summed E-state index contributed by atoms with van der Waals surface area (Å²) in [6, 6.07) is 1.42. The topological polar surface area (TPSA) is 74.3 Å². The molecule has 1 aromatic rings. The van der Waals surface area contributed by atoms with Gasteiger partial charge in [0, 0.05) is 19.7 Å². The molecule has 1 aromatic heterocycles. The Labute approximate surface area is 119 Å². The van der Waals surface area contributed by atoms with Crippen molar-refractivity contribution < 1.29 is 14.3 Å². The summed E-state index contributed by atoms with van der Waals surface area (Å²) in [6.07, 6.45) is 6.74. The van der Waals surface area contributed by atoms with Crippen molar-refractivity contribution in [1.82, 2.24) is 4.57 Å². The third-order valence-electron chi connectivity index (χ3n) is 3.02. The Morgan fingerprint density at radius 2 is 2.10 bits per heavy atom. The van der Waals surface area contributed by atoms with E-state index in [0.717, 1.165) is 0 Å². The van der Waals surface area contributed by atoms with Crippen LogP contribution in [0.25, 0.3) is 0 Å². The van der Waals surface area contributed by atoms with Crippen molar-refractivity contribution in [3.63, 3.8) is 0 Å². The van der Waals surface area contributed by atoms with Gasteiger partial charge in [-0.3, -0.25) is 4.79 Å². The number of amides is 1. The summed E-state index contributed by atoms with van der Waals surface area (Å²) in [5.74, 6) is 1.41. The number of carbonyl (C=O) groups is 2. The molecule has 0 saturated carbocycles. The summed E-state index contributed by atoms with van der Waals surface area (Å²) in [5.41, 5.74) is 5.46. The fourth-order valence-electron chi connectivity index (χ4n) is 1.72. The van der Waals surface area contributed by atoms with Crippen LogP contribution in [0.4, 0.5) is 0 Å². The predicted octanol–water partition coefficient (Wildman–Crippen LogP) is 1.72. The van der Waals surface area contributed by atoms with Gasteiger partial charge in [-0.25, -0.2) is 4.79 Å². The highest BCUT2D eigenvalue weighted by Crippen LogP contribution is 2.25. The summed E-state index contributed by atoms with van der Waals surface area (Å²) >= 11 is 0. The highest BCUT2D eigenvalue weighted by atomic mass is 16.5. The van der Waals surface area contributed by atoms with Crippen molar-refractivity contribution in [2.45, 2.75) is 33.3 Å². The number of nitrogens with zero attached hydrogens (tertiary/aromatic N) is 1. The van der Waals surface area contributed by atoms with E-state index in [1.54, 1.807) is 7.05 Å². The zero-order valence-electron chi connectivity index (χ0n) is 12.3. The van der Waals surface area contributed by atoms with E-state index in [-0.39, 0.29) is 16.7 Å². The molecule has 1 amide bonds. The first kappa shape index (κ1) is 15.8. The molecule has 0 bridgehead atoms. The normalized spacial score (nSPS) is 12.6. The van der Waals surface area contributed by atoms with Crippen LogP contribution in [0.5, 0.6) is 0 Å². The lowest BCUT2D eigenvalue weighted by Crippen LogP contribution is -2.31. The van der Waals surface area contributed by atoms with E-state index in [2.05, 4.69) is 5.92 Å². The first-order valence-electron chi connectivity index (χ1n) is 6.27. The van der Waals surface area contributed by atoms with E-state index in [0.29, 0.717) is 6.42 Å². The van der Waals surface area contributed by atoms with Crippen LogP contribution in [0.1, 0.15) is 48.0 Å². The third-order valence-corrected chi connectivity index (χ3v) is 3.02. The minimum absolute atomic E-state index is 0.264. The second kappa shape index (κ2) is 5.83. The SMILES string of the molecule is C#CC[C@@H](OC(=O)c1cc(C(N)=O)cn1C)C(C)(C)C. The van der Waals surface area contributed by atoms with Crippen LogP contribution >= 0.6 is 0 Å². The Morgan fingerprint density at radius 1 is 1.50 bits per heavy atom. The number of terminal acetylenes is 1. The van der Waals surface area contributed by atoms with Crippen molar-refractivity contribution in [3.05, 3.63) is 23.5 Å². The smallest absolute Gasteiger partial charge is 0.355 e. The van der Waals surface area contributed by atoms with Crippen molar-refractivity contribution in [1.29, 1.82) is 0 Å². The van der Waals surface area contributed by atoms with Gasteiger partial charge in [0.15, 0.2) is 0 Å². The number of aryl methyl sites for hydroxylation is 1. The minimum Gasteiger partial charge on any atom is -0.456 e. The van der Waals surface area contributed by atoms with Gasteiger partial charge < -0.3 is 15.0 Å². The van der Waals surface area contributed by atoms with E-state index >= 15 is 0 Å². The van der Waals surface area contributed by atoms with E-state index < -0.39 is 18.0 Å². The molecule has 2 N–H and O–H groups in total. The largest absolute Gasteiger partial charge is 0.456 e. The van der Waals surface area contributed by atoms with Crippen molar-refractivity contribution >= 4 is 11.9 Å². The Bertz CT molecular complexity index is 559. The van der Waals surface area contributed by atoms with Gasteiger partial charge in [-0.15, -0.1) is 12.3 Å². The Morgan fingerprint density at radius 3 is 2.50 bits per heavy atom. The number of carbonyl (C=O) groups excluding carboxylic acids is 2. The number of esters is 1. The van der Waals surface area contributed by atoms with Crippen LogP contribution in [0.3, 0.4) is 0 Å². The van der Waals surface area contributed by atoms with Gasteiger partial charge in [0.1, 0.15) is 11.8 Å². The predicted molar refractivity (Wildman–Crippen MR) is 76.0 cm³/mol. The van der Waals surface area contributed by atoms with Gasteiger partial charge in [-0.05, 0) is 11.5 Å². The molecule has 5 nitrogen and oxygen atoms in total. The molecule has 0 radical (unpaired) electrons. The van der Waals surface area contributed by atoms with Gasteiger partial charge in [-0.1, -0.05) is 20.8 Å². The zero-order chi connectivity index (χ0) is 15.5. The van der Waals surface area contributed by atoms with Gasteiger partial charge >= 0.3 is 5.97 Å². The summed E-state index contributed by atoms with van der Waals surface area (Å²) in [5, 5.41) is 0. The Hall–Kier alpha value is -2.22. The van der Waals surface area contributed by atoms with E-state index in [9.17, 15) is 9.59 Å². The lowest BCUT2D eigenvalue weighted by atomic mass is 9.87. The van der Waals surface area contributed by atoms with E-state index in [1.807, 2.05) is 20.8 Å². The van der Waals surface area contributed by atoms with Crippen LogP contribution in [0.15, 0.2) is 12.3 Å². The maximum atomic E-state index is 12.2. The summed E-state index contributed by atoms with van der Waals surface area (Å²) in [7, 11) is 1.65. The highest BCUT2D eigenvalue weighted by Gasteiger charge is 2.29. The lowest BCUT2D eigenvalue weighted by molar-refractivity contribution is -0.00148. The van der Waals surface area contributed by atoms with Crippen molar-refractivity contribution in [3.8, 4) is 12.3 Å². The quantitative estimate of drug-likeness (QED) is 0.672. The van der Waals surface area contributed by atoms with Crippen LogP contribution in [0.2, 0.25) is 0 Å². The highest BCUT2D eigenvalue weighted by molar-refractivity contribution is 5.96. The molecule has 0 aliphatic carbocycles. The first-order chi connectivity index (χ1) is 9.16. The summed E-state index contributed by atoms with van der Waals surface area (Å²) < 4.78 is 6.97. The number of ether oxygens (including phenoxy) is 1. The van der Waals surface area contributed by atoms with Crippen LogP contribution < -0.4 is 5.73 Å². The monoisotopic (exact) mass is 276 g/mol. The first-order valence-corrected chi connectivity index (χ1v) is 6.27. The molecule has 1 atom stereocenters. The molecular formula is C15H20N2O3. The third kappa shape index (κ3) is 3.64. The summed E-state index contributed by atoms with van der Waals surface area (Å²) in [4.78, 5) is 23.3. The molecule has 1 heterocycles. The van der Waals surface area contributed by atoms with E-state index in [4.69, 9.17) is 16.9 Å². The van der Waals surface area contributed by atoms with Crippen LogP contribution in [-0.4, -0.2) is 22.5 Å². The number of hydrogen-bond donors (Lipinski definition) is 1. The Balaban J connectivity index is 2.95. The number of nitrogens with two attached hydrogens (primary N) is 1. The van der Waals surface area contributed by atoms with Crippen molar-refractivity contribution in [2.75, 3.05) is 0 Å². The molecule has 0 fully saturated rings. The molecule has 20 heavy (non-hydrogen) atoms. The standard InChI is InChI=1S/C15H20N2O3/c1-6-7-12(15(2,3)4)20-14(19)11-8-10(13(16)18)9-17(11)5/h1,8-9,12H,7H2,2-5H3,(H2,16,18)/t12-/m1/s1. The Kier molecular flexibility index (Phi) is 4.61. The molecule has 1 rings (SSSR count). The van der Waals surface area contributed by atoms with Gasteiger partial charge in [-0.2, -0.15) is 0 Å². The van der Waals surface area contributed by atoms with Crippen LogP contribution in [0, 0.1) is 17.8 Å². The average molecular weight is 276 g/mol. The molecule has 108 valence electrons. The molecule has 0 saturated heterocycles. The lowest BCUT2D eigenvalue weighted by Gasteiger charge is -2.28. The van der Waals surface area contributed by atoms with Gasteiger partial charge in [0.2, 0.25) is 5.91 Å². The maximum absolute atomic E-state index is 12.2. The molecule has 0 aliphatic heterocycles. The average Bonchev–Trinajstić information content (AvgIpc) is 2.69.